The molecule has 4 aromatic heterocycles. The molecule has 0 radical (unpaired) electrons. The lowest BCUT2D eigenvalue weighted by molar-refractivity contribution is 0.551. The molecular formula is C48H38N8. The number of fused-ring (bicyclic) bond motifs is 4. The SMILES string of the molecule is c1ccc(-c2nc3ccccc3nc2-c2nc3ccccc3n2CCCCCCn2c(-c3nc4ccccc4nc3-c3ccccc3)nc3ccccc32)cc1. The summed E-state index contributed by atoms with van der Waals surface area (Å²) in [5.74, 6) is 1.70. The van der Waals surface area contributed by atoms with Gasteiger partial charge in [-0.05, 0) is 61.4 Å². The molecule has 0 saturated carbocycles. The summed E-state index contributed by atoms with van der Waals surface area (Å²) < 4.78 is 4.68. The van der Waals surface area contributed by atoms with E-state index in [2.05, 4.69) is 69.8 Å². The summed E-state index contributed by atoms with van der Waals surface area (Å²) in [7, 11) is 0. The highest BCUT2D eigenvalue weighted by atomic mass is 15.1. The Morgan fingerprint density at radius 1 is 0.286 bits per heavy atom. The van der Waals surface area contributed by atoms with E-state index < -0.39 is 0 Å². The molecule has 0 aliphatic heterocycles. The van der Waals surface area contributed by atoms with E-state index in [0.29, 0.717) is 0 Å². The Balaban J connectivity index is 0.931. The molecule has 0 saturated heterocycles. The quantitative estimate of drug-likeness (QED) is 0.123. The maximum Gasteiger partial charge on any atom is 0.162 e. The van der Waals surface area contributed by atoms with Crippen LogP contribution in [0.15, 0.2) is 158 Å². The second-order valence-corrected chi connectivity index (χ2v) is 14.1. The van der Waals surface area contributed by atoms with Crippen molar-refractivity contribution >= 4 is 44.1 Å². The summed E-state index contributed by atoms with van der Waals surface area (Å²) in [5, 5.41) is 0. The largest absolute Gasteiger partial charge is 0.323 e. The number of rotatable bonds is 11. The van der Waals surface area contributed by atoms with Gasteiger partial charge in [-0.1, -0.05) is 122 Å². The van der Waals surface area contributed by atoms with E-state index in [1.54, 1.807) is 0 Å². The predicted octanol–water partition coefficient (Wildman–Crippen LogP) is 11.2. The van der Waals surface area contributed by atoms with Gasteiger partial charge in [0.15, 0.2) is 11.6 Å². The van der Waals surface area contributed by atoms with Gasteiger partial charge in [0, 0.05) is 24.2 Å². The lowest BCUT2D eigenvalue weighted by Crippen LogP contribution is -2.06. The van der Waals surface area contributed by atoms with Crippen molar-refractivity contribution in [3.8, 4) is 45.6 Å². The van der Waals surface area contributed by atoms with Crippen LogP contribution >= 0.6 is 0 Å². The van der Waals surface area contributed by atoms with Crippen molar-refractivity contribution in [3.05, 3.63) is 158 Å². The fraction of sp³-hybridized carbons (Fsp3) is 0.125. The zero-order chi connectivity index (χ0) is 37.3. The molecule has 8 nitrogen and oxygen atoms in total. The highest BCUT2D eigenvalue weighted by molar-refractivity contribution is 5.89. The van der Waals surface area contributed by atoms with Crippen LogP contribution in [-0.4, -0.2) is 39.0 Å². The van der Waals surface area contributed by atoms with Crippen LogP contribution in [0.5, 0.6) is 0 Å². The number of benzene rings is 6. The third-order valence-corrected chi connectivity index (χ3v) is 10.5. The Bertz CT molecular complexity index is 2780. The van der Waals surface area contributed by atoms with Gasteiger partial charge in [-0.3, -0.25) is 0 Å². The molecule has 10 aromatic rings. The number of para-hydroxylation sites is 8. The summed E-state index contributed by atoms with van der Waals surface area (Å²) in [4.78, 5) is 31.0. The van der Waals surface area contributed by atoms with Crippen LogP contribution in [0.3, 0.4) is 0 Å². The molecule has 0 unspecified atom stereocenters. The molecule has 0 fully saturated rings. The van der Waals surface area contributed by atoms with Crippen LogP contribution in [0, 0.1) is 0 Å². The molecule has 0 amide bonds. The van der Waals surface area contributed by atoms with E-state index in [1.165, 1.54) is 0 Å². The van der Waals surface area contributed by atoms with E-state index in [4.69, 9.17) is 29.9 Å². The van der Waals surface area contributed by atoms with Crippen molar-refractivity contribution in [1.29, 1.82) is 0 Å². The third-order valence-electron chi connectivity index (χ3n) is 10.5. The molecule has 6 aromatic carbocycles. The van der Waals surface area contributed by atoms with Crippen LogP contribution in [0.1, 0.15) is 25.7 Å². The minimum Gasteiger partial charge on any atom is -0.323 e. The fourth-order valence-electron chi connectivity index (χ4n) is 7.77. The van der Waals surface area contributed by atoms with Crippen LogP contribution in [0.4, 0.5) is 0 Å². The van der Waals surface area contributed by atoms with Gasteiger partial charge in [-0.15, -0.1) is 0 Å². The average Bonchev–Trinajstić information content (AvgIpc) is 3.82. The lowest BCUT2D eigenvalue weighted by Gasteiger charge is -2.14. The Labute approximate surface area is 324 Å². The smallest absolute Gasteiger partial charge is 0.162 e. The zero-order valence-electron chi connectivity index (χ0n) is 30.8. The van der Waals surface area contributed by atoms with Crippen molar-refractivity contribution < 1.29 is 0 Å². The van der Waals surface area contributed by atoms with Crippen molar-refractivity contribution in [1.82, 2.24) is 39.0 Å². The maximum absolute atomic E-state index is 5.20. The van der Waals surface area contributed by atoms with Gasteiger partial charge in [0.25, 0.3) is 0 Å². The Kier molecular flexibility index (Phi) is 8.76. The molecule has 0 atom stereocenters. The van der Waals surface area contributed by atoms with E-state index in [-0.39, 0.29) is 0 Å². The average molecular weight is 727 g/mol. The number of hydrogen-bond donors (Lipinski definition) is 0. The van der Waals surface area contributed by atoms with Crippen molar-refractivity contribution in [2.75, 3.05) is 0 Å². The first kappa shape index (κ1) is 33.5. The molecule has 0 aliphatic rings. The van der Waals surface area contributed by atoms with Gasteiger partial charge >= 0.3 is 0 Å². The second-order valence-electron chi connectivity index (χ2n) is 14.1. The summed E-state index contributed by atoms with van der Waals surface area (Å²) in [6.45, 7) is 1.65. The summed E-state index contributed by atoms with van der Waals surface area (Å²) in [6.07, 6.45) is 4.13. The Morgan fingerprint density at radius 3 is 1.00 bits per heavy atom. The molecular weight excluding hydrogens is 689 g/mol. The molecule has 270 valence electrons. The van der Waals surface area contributed by atoms with Gasteiger partial charge in [0.2, 0.25) is 0 Å². The topological polar surface area (TPSA) is 87.2 Å². The van der Waals surface area contributed by atoms with Gasteiger partial charge in [-0.25, -0.2) is 29.9 Å². The fourth-order valence-corrected chi connectivity index (χ4v) is 7.77. The summed E-state index contributed by atoms with van der Waals surface area (Å²) in [6, 6.07) is 53.5. The summed E-state index contributed by atoms with van der Waals surface area (Å²) >= 11 is 0. The van der Waals surface area contributed by atoms with E-state index in [9.17, 15) is 0 Å². The first-order valence-corrected chi connectivity index (χ1v) is 19.3. The van der Waals surface area contributed by atoms with Crippen LogP contribution < -0.4 is 0 Å². The molecule has 0 N–H and O–H groups in total. The maximum atomic E-state index is 5.20. The molecule has 10 rings (SSSR count). The molecule has 0 aliphatic carbocycles. The third kappa shape index (κ3) is 6.25. The van der Waals surface area contributed by atoms with Crippen molar-refractivity contribution in [2.45, 2.75) is 38.8 Å². The van der Waals surface area contributed by atoms with E-state index >= 15 is 0 Å². The van der Waals surface area contributed by atoms with Crippen LogP contribution in [-0.2, 0) is 13.1 Å². The summed E-state index contributed by atoms with van der Waals surface area (Å²) in [5.41, 5.74) is 12.9. The molecule has 4 heterocycles. The number of hydrogen-bond acceptors (Lipinski definition) is 6. The Morgan fingerprint density at radius 2 is 0.607 bits per heavy atom. The van der Waals surface area contributed by atoms with Gasteiger partial charge in [-0.2, -0.15) is 0 Å². The Hall–Kier alpha value is -7.06. The molecule has 0 bridgehead atoms. The lowest BCUT2D eigenvalue weighted by atomic mass is 10.1. The van der Waals surface area contributed by atoms with Crippen LogP contribution in [0.25, 0.3) is 89.7 Å². The number of nitrogens with zero attached hydrogens (tertiary/aromatic N) is 8. The van der Waals surface area contributed by atoms with Gasteiger partial charge < -0.3 is 9.13 Å². The van der Waals surface area contributed by atoms with Crippen LogP contribution in [0.2, 0.25) is 0 Å². The monoisotopic (exact) mass is 726 g/mol. The standard InChI is InChI=1S/C48H38N8/c1(17-31-55-41-29-15-13-27-39(41)53-47(55)45-43(33-19-5-3-6-20-33)49-35-23-9-11-25-37(35)51-45)2-18-32-56-42-30-16-14-28-40(42)54-48(56)46-44(34-21-7-4-8-22-34)50-36-24-10-12-26-38(36)52-46/h3-16,19-30H,1-2,17-18,31-32H2. The molecule has 8 heteroatoms. The molecule has 0 spiro atoms. The predicted molar refractivity (Wildman–Crippen MR) is 226 cm³/mol. The number of unbranched alkanes of at least 4 members (excludes halogenated alkanes) is 3. The highest BCUT2D eigenvalue weighted by Crippen LogP contribution is 2.35. The normalized spacial score (nSPS) is 11.6. The highest BCUT2D eigenvalue weighted by Gasteiger charge is 2.22. The van der Waals surface area contributed by atoms with Crippen molar-refractivity contribution in [2.24, 2.45) is 0 Å². The minimum atomic E-state index is 0.803. The van der Waals surface area contributed by atoms with E-state index in [0.717, 1.165) is 128 Å². The zero-order valence-corrected chi connectivity index (χ0v) is 30.8. The number of imidazole rings is 2. The van der Waals surface area contributed by atoms with Gasteiger partial charge in [0.05, 0.1) is 44.1 Å². The minimum absolute atomic E-state index is 0.803. The first-order chi connectivity index (χ1) is 27.8. The molecule has 56 heavy (non-hydrogen) atoms. The second kappa shape index (κ2) is 14.6. The number of aromatic nitrogens is 8. The van der Waals surface area contributed by atoms with Crippen molar-refractivity contribution in [3.63, 3.8) is 0 Å². The number of aryl methyl sites for hydroxylation is 2. The first-order valence-electron chi connectivity index (χ1n) is 19.3. The van der Waals surface area contributed by atoms with Gasteiger partial charge in [0.1, 0.15) is 22.8 Å². The van der Waals surface area contributed by atoms with E-state index in [1.807, 2.05) is 97.1 Å².